The summed E-state index contributed by atoms with van der Waals surface area (Å²) in [7, 11) is 1.56. The van der Waals surface area contributed by atoms with Gasteiger partial charge in [0.15, 0.2) is 0 Å². The molecule has 6 rings (SSSR count). The quantitative estimate of drug-likeness (QED) is 0.461. The lowest BCUT2D eigenvalue weighted by Gasteiger charge is -2.33. The van der Waals surface area contributed by atoms with Crippen molar-refractivity contribution in [3.8, 4) is 11.3 Å². The Bertz CT molecular complexity index is 1460. The van der Waals surface area contributed by atoms with E-state index in [-0.39, 0.29) is 22.9 Å². The fourth-order valence-electron chi connectivity index (χ4n) is 4.39. The maximum atomic E-state index is 14.7. The van der Waals surface area contributed by atoms with E-state index < -0.39 is 11.6 Å². The first-order valence-electron chi connectivity index (χ1n) is 11.2. The lowest BCUT2D eigenvalue weighted by Crippen LogP contribution is -2.39. The molecule has 174 valence electrons. The molecular formula is C24H22F2N6O2. The molecule has 1 atom stereocenters. The number of morpholine rings is 1. The van der Waals surface area contributed by atoms with Crippen molar-refractivity contribution in [2.45, 2.75) is 25.0 Å². The largest absolute Gasteiger partial charge is 0.370 e. The maximum absolute atomic E-state index is 14.7. The van der Waals surface area contributed by atoms with E-state index in [1.165, 1.54) is 23.0 Å². The molecule has 1 aromatic carbocycles. The third-order valence-electron chi connectivity index (χ3n) is 6.42. The lowest BCUT2D eigenvalue weighted by atomic mass is 10.0. The molecule has 2 aliphatic rings. The molecule has 1 unspecified atom stereocenters. The van der Waals surface area contributed by atoms with Crippen LogP contribution in [0.15, 0.2) is 47.7 Å². The highest BCUT2D eigenvalue weighted by molar-refractivity contribution is 5.95. The third kappa shape index (κ3) is 3.63. The summed E-state index contributed by atoms with van der Waals surface area (Å²) in [6.45, 7) is 1.53. The van der Waals surface area contributed by atoms with E-state index in [2.05, 4.69) is 10.2 Å². The smallest absolute Gasteiger partial charge is 0.274 e. The number of hydrogen-bond acceptors (Lipinski definition) is 6. The summed E-state index contributed by atoms with van der Waals surface area (Å²) in [5, 5.41) is 9.32. The molecule has 2 fully saturated rings. The monoisotopic (exact) mass is 464 g/mol. The Balaban J connectivity index is 1.43. The summed E-state index contributed by atoms with van der Waals surface area (Å²) in [5.74, 6) is -0.908. The van der Waals surface area contributed by atoms with Gasteiger partial charge in [0, 0.05) is 48.9 Å². The van der Waals surface area contributed by atoms with Crippen LogP contribution in [0.25, 0.3) is 22.0 Å². The Morgan fingerprint density at radius 1 is 1.09 bits per heavy atom. The third-order valence-corrected chi connectivity index (χ3v) is 6.42. The van der Waals surface area contributed by atoms with Gasteiger partial charge in [-0.25, -0.2) is 18.4 Å². The fourth-order valence-corrected chi connectivity index (χ4v) is 4.39. The Morgan fingerprint density at radius 3 is 2.74 bits per heavy atom. The summed E-state index contributed by atoms with van der Waals surface area (Å²) < 4.78 is 37.5. The average Bonchev–Trinajstić information content (AvgIpc) is 3.57. The summed E-state index contributed by atoms with van der Waals surface area (Å²) in [5.41, 5.74) is 1.03. The number of benzene rings is 1. The first kappa shape index (κ1) is 20.9. The number of aromatic nitrogens is 5. The molecule has 0 N–H and O–H groups in total. The SMILES string of the molecule is Cn1ncc2c(-c3ccc(F)cc3F)nc(N3CCOC(c4cnn(C5CC5)c4)C3)cc2c1=O. The van der Waals surface area contributed by atoms with Crippen molar-refractivity contribution in [3.63, 3.8) is 0 Å². The molecule has 1 saturated heterocycles. The topological polar surface area (TPSA) is 78.1 Å². The minimum Gasteiger partial charge on any atom is -0.370 e. The zero-order valence-corrected chi connectivity index (χ0v) is 18.5. The van der Waals surface area contributed by atoms with E-state index in [1.807, 2.05) is 22.0 Å². The van der Waals surface area contributed by atoms with Crippen molar-refractivity contribution >= 4 is 16.6 Å². The van der Waals surface area contributed by atoms with Gasteiger partial charge in [-0.05, 0) is 31.0 Å². The van der Waals surface area contributed by atoms with Crippen LogP contribution < -0.4 is 10.5 Å². The van der Waals surface area contributed by atoms with Crippen LogP contribution in [0.5, 0.6) is 0 Å². The van der Waals surface area contributed by atoms with Gasteiger partial charge in [-0.15, -0.1) is 0 Å². The van der Waals surface area contributed by atoms with Gasteiger partial charge < -0.3 is 9.64 Å². The molecule has 4 heterocycles. The Kier molecular flexibility index (Phi) is 4.91. The van der Waals surface area contributed by atoms with Crippen molar-refractivity contribution in [3.05, 3.63) is 70.4 Å². The molecule has 0 spiro atoms. The number of ether oxygens (including phenoxy) is 1. The van der Waals surface area contributed by atoms with Gasteiger partial charge in [-0.2, -0.15) is 10.2 Å². The number of fused-ring (bicyclic) bond motifs is 1. The van der Waals surface area contributed by atoms with Gasteiger partial charge in [0.1, 0.15) is 23.6 Å². The number of halogens is 2. The molecule has 0 amide bonds. The highest BCUT2D eigenvalue weighted by Gasteiger charge is 2.29. The molecular weight excluding hydrogens is 442 g/mol. The highest BCUT2D eigenvalue weighted by Crippen LogP contribution is 2.36. The van der Waals surface area contributed by atoms with Crippen LogP contribution in [0.2, 0.25) is 0 Å². The summed E-state index contributed by atoms with van der Waals surface area (Å²) in [6, 6.07) is 5.51. The van der Waals surface area contributed by atoms with Crippen molar-refractivity contribution in [2.24, 2.45) is 7.05 Å². The molecule has 0 bridgehead atoms. The van der Waals surface area contributed by atoms with Crippen molar-refractivity contribution < 1.29 is 13.5 Å². The molecule has 1 aliphatic carbocycles. The Hall–Kier alpha value is -3.66. The standard InChI is InChI=1S/C24H22F2N6O2/c1-30-24(33)18-9-22(29-23(19(18)11-27-30)17-5-2-15(25)8-20(17)26)31-6-7-34-21(13-31)14-10-28-32(12-14)16-3-4-16/h2,5,8-12,16,21H,3-4,6-7,13H2,1H3. The summed E-state index contributed by atoms with van der Waals surface area (Å²) in [4.78, 5) is 19.7. The van der Waals surface area contributed by atoms with E-state index in [0.717, 1.165) is 24.5 Å². The normalized spacial score (nSPS) is 18.6. The summed E-state index contributed by atoms with van der Waals surface area (Å²) in [6.07, 6.45) is 7.44. The van der Waals surface area contributed by atoms with Gasteiger partial charge >= 0.3 is 0 Å². The number of nitrogens with zero attached hydrogens (tertiary/aromatic N) is 6. The van der Waals surface area contributed by atoms with Crippen molar-refractivity contribution in [1.82, 2.24) is 24.5 Å². The van der Waals surface area contributed by atoms with Crippen molar-refractivity contribution in [2.75, 3.05) is 24.6 Å². The molecule has 34 heavy (non-hydrogen) atoms. The van der Waals surface area contributed by atoms with Crippen LogP contribution in [0, 0.1) is 11.6 Å². The molecule has 8 nitrogen and oxygen atoms in total. The second kappa shape index (κ2) is 7.98. The zero-order chi connectivity index (χ0) is 23.4. The van der Waals surface area contributed by atoms with E-state index >= 15 is 0 Å². The number of anilines is 1. The number of hydrogen-bond donors (Lipinski definition) is 0. The number of pyridine rings is 1. The first-order chi connectivity index (χ1) is 16.5. The van der Waals surface area contributed by atoms with Crippen LogP contribution in [0.1, 0.15) is 30.6 Å². The fraction of sp³-hybridized carbons (Fsp3) is 0.333. The number of rotatable bonds is 4. The van der Waals surface area contributed by atoms with Crippen LogP contribution in [-0.2, 0) is 11.8 Å². The highest BCUT2D eigenvalue weighted by atomic mass is 19.1. The second-order valence-corrected chi connectivity index (χ2v) is 8.78. The predicted octanol–water partition coefficient (Wildman–Crippen LogP) is 3.38. The second-order valence-electron chi connectivity index (χ2n) is 8.78. The maximum Gasteiger partial charge on any atom is 0.274 e. The van der Waals surface area contributed by atoms with Gasteiger partial charge in [0.2, 0.25) is 0 Å². The van der Waals surface area contributed by atoms with Crippen molar-refractivity contribution in [1.29, 1.82) is 0 Å². The van der Waals surface area contributed by atoms with Gasteiger partial charge in [0.25, 0.3) is 5.56 Å². The van der Waals surface area contributed by atoms with Crippen LogP contribution >= 0.6 is 0 Å². The van der Waals surface area contributed by atoms with Crippen LogP contribution in [-0.4, -0.2) is 44.2 Å². The van der Waals surface area contributed by atoms with Gasteiger partial charge in [-0.1, -0.05) is 0 Å². The van der Waals surface area contributed by atoms with Gasteiger partial charge in [-0.3, -0.25) is 9.48 Å². The first-order valence-corrected chi connectivity index (χ1v) is 11.2. The Morgan fingerprint density at radius 2 is 1.94 bits per heavy atom. The van der Waals surface area contributed by atoms with Crippen LogP contribution in [0.3, 0.4) is 0 Å². The van der Waals surface area contributed by atoms with Gasteiger partial charge in [0.05, 0.1) is 36.1 Å². The molecule has 1 aliphatic heterocycles. The number of aryl methyl sites for hydroxylation is 1. The molecule has 1 saturated carbocycles. The van der Waals surface area contributed by atoms with E-state index in [1.54, 1.807) is 13.1 Å². The molecule has 4 aromatic rings. The molecule has 0 radical (unpaired) electrons. The summed E-state index contributed by atoms with van der Waals surface area (Å²) >= 11 is 0. The minimum atomic E-state index is -0.751. The van der Waals surface area contributed by atoms with E-state index in [9.17, 15) is 13.6 Å². The zero-order valence-electron chi connectivity index (χ0n) is 18.5. The van der Waals surface area contributed by atoms with E-state index in [4.69, 9.17) is 9.72 Å². The molecule has 10 heteroatoms. The van der Waals surface area contributed by atoms with Crippen LogP contribution in [0.4, 0.5) is 14.6 Å². The Labute approximate surface area is 193 Å². The molecule has 3 aromatic heterocycles. The minimum absolute atomic E-state index is 0.110. The lowest BCUT2D eigenvalue weighted by molar-refractivity contribution is 0.0395. The van der Waals surface area contributed by atoms with E-state index in [0.29, 0.717) is 42.3 Å². The predicted molar refractivity (Wildman–Crippen MR) is 122 cm³/mol. The average molecular weight is 464 g/mol.